The summed E-state index contributed by atoms with van der Waals surface area (Å²) in [6.07, 6.45) is 5.89. The number of amides is 2. The van der Waals surface area contributed by atoms with E-state index in [1.54, 1.807) is 0 Å². The number of hydrogen-bond acceptors (Lipinski definition) is 3. The van der Waals surface area contributed by atoms with Crippen molar-refractivity contribution >= 4 is 11.7 Å². The highest BCUT2D eigenvalue weighted by Crippen LogP contribution is 2.30. The van der Waals surface area contributed by atoms with E-state index in [4.69, 9.17) is 5.73 Å². The lowest BCUT2D eigenvalue weighted by Gasteiger charge is -2.33. The molecule has 0 aliphatic heterocycles. The minimum atomic E-state index is -0.907. The average molecular weight is 289 g/mol. The predicted molar refractivity (Wildman–Crippen MR) is 83.0 cm³/mol. The van der Waals surface area contributed by atoms with E-state index in [0.29, 0.717) is 25.0 Å². The molecule has 114 valence electrons. The zero-order valence-corrected chi connectivity index (χ0v) is 12.2. The molecule has 0 unspecified atom stereocenters. The van der Waals surface area contributed by atoms with Crippen LogP contribution in [0.5, 0.6) is 0 Å². The predicted octanol–water partition coefficient (Wildman–Crippen LogP) is 2.34. The number of urea groups is 1. The van der Waals surface area contributed by atoms with Crippen LogP contribution in [0, 0.1) is 0 Å². The summed E-state index contributed by atoms with van der Waals surface area (Å²) in [6, 6.07) is 9.34. The average Bonchev–Trinajstić information content (AvgIpc) is 2.48. The first-order valence-electron chi connectivity index (χ1n) is 7.49. The summed E-state index contributed by atoms with van der Waals surface area (Å²) >= 11 is 0. The molecule has 0 atom stereocenters. The van der Waals surface area contributed by atoms with Crippen LogP contribution in [0.2, 0.25) is 0 Å². The van der Waals surface area contributed by atoms with Crippen LogP contribution >= 0.6 is 0 Å². The Morgan fingerprint density at radius 1 is 1.24 bits per heavy atom. The third kappa shape index (κ3) is 4.56. The normalized spacial score (nSPS) is 18.2. The summed E-state index contributed by atoms with van der Waals surface area (Å²) in [5.41, 5.74) is 8.26. The van der Waals surface area contributed by atoms with Crippen LogP contribution in [0.25, 0.3) is 0 Å². The van der Waals surface area contributed by atoms with E-state index in [9.17, 15) is 9.90 Å². The molecule has 0 aromatic heterocycles. The van der Waals surface area contributed by atoms with Crippen molar-refractivity contribution in [2.75, 3.05) is 0 Å². The van der Waals surface area contributed by atoms with Gasteiger partial charge in [0.25, 0.3) is 0 Å². The second kappa shape index (κ2) is 7.22. The molecule has 0 heterocycles. The fourth-order valence-electron chi connectivity index (χ4n) is 2.85. The monoisotopic (exact) mass is 289 g/mol. The van der Waals surface area contributed by atoms with Crippen LogP contribution in [-0.4, -0.2) is 22.5 Å². The van der Waals surface area contributed by atoms with Gasteiger partial charge in [-0.15, -0.1) is 0 Å². The quantitative estimate of drug-likeness (QED) is 0.574. The number of carbonyl (C=O) groups is 1. The summed E-state index contributed by atoms with van der Waals surface area (Å²) in [5, 5.41) is 14.9. The smallest absolute Gasteiger partial charge is 0.332 e. The Bertz CT molecular complexity index is 494. The molecule has 0 saturated heterocycles. The molecule has 1 aromatic carbocycles. The van der Waals surface area contributed by atoms with Crippen molar-refractivity contribution in [2.24, 2.45) is 10.8 Å². The number of carbonyl (C=O) groups excluding carboxylic acids is 1. The molecule has 1 aliphatic carbocycles. The standard InChI is InChI=1S/C16H23N3O2/c17-15(20)19-18-14(16(21)11-5-2-6-12-16)10-9-13-7-3-1-4-8-13/h1,3-4,7-8,21H,2,5-6,9-12H2,(H3,17,19,20). The zero-order chi connectivity index (χ0) is 15.1. The Hall–Kier alpha value is -1.88. The third-order valence-electron chi connectivity index (χ3n) is 4.01. The summed E-state index contributed by atoms with van der Waals surface area (Å²) in [5.74, 6) is 0. The lowest BCUT2D eigenvalue weighted by Crippen LogP contribution is -2.42. The fraction of sp³-hybridized carbons (Fsp3) is 0.500. The highest BCUT2D eigenvalue weighted by atomic mass is 16.3. The Morgan fingerprint density at radius 2 is 1.90 bits per heavy atom. The summed E-state index contributed by atoms with van der Waals surface area (Å²) < 4.78 is 0. The van der Waals surface area contributed by atoms with E-state index < -0.39 is 11.6 Å². The fourth-order valence-corrected chi connectivity index (χ4v) is 2.85. The molecule has 0 spiro atoms. The first-order valence-corrected chi connectivity index (χ1v) is 7.49. The lowest BCUT2D eigenvalue weighted by molar-refractivity contribution is 0.0684. The van der Waals surface area contributed by atoms with Gasteiger partial charge in [-0.3, -0.25) is 0 Å². The van der Waals surface area contributed by atoms with Gasteiger partial charge < -0.3 is 10.8 Å². The number of aliphatic hydroxyl groups is 1. The second-order valence-electron chi connectivity index (χ2n) is 5.61. The molecule has 21 heavy (non-hydrogen) atoms. The van der Waals surface area contributed by atoms with Crippen LogP contribution < -0.4 is 11.2 Å². The topological polar surface area (TPSA) is 87.7 Å². The van der Waals surface area contributed by atoms with Crippen molar-refractivity contribution in [1.29, 1.82) is 0 Å². The maximum absolute atomic E-state index is 10.9. The van der Waals surface area contributed by atoms with Crippen molar-refractivity contribution < 1.29 is 9.90 Å². The number of rotatable bonds is 5. The van der Waals surface area contributed by atoms with Gasteiger partial charge in [0.15, 0.2) is 0 Å². The molecular weight excluding hydrogens is 266 g/mol. The maximum atomic E-state index is 10.9. The molecule has 5 nitrogen and oxygen atoms in total. The number of aryl methyl sites for hydroxylation is 1. The first-order chi connectivity index (χ1) is 10.1. The van der Waals surface area contributed by atoms with Gasteiger partial charge >= 0.3 is 6.03 Å². The van der Waals surface area contributed by atoms with E-state index in [1.807, 2.05) is 30.3 Å². The van der Waals surface area contributed by atoms with Crippen LogP contribution in [0.4, 0.5) is 4.79 Å². The number of primary amides is 1. The van der Waals surface area contributed by atoms with E-state index in [2.05, 4.69) is 10.5 Å². The van der Waals surface area contributed by atoms with Gasteiger partial charge in [0, 0.05) is 0 Å². The van der Waals surface area contributed by atoms with Gasteiger partial charge in [0.05, 0.1) is 5.71 Å². The highest BCUT2D eigenvalue weighted by Gasteiger charge is 2.34. The largest absolute Gasteiger partial charge is 0.384 e. The molecule has 2 amide bonds. The minimum Gasteiger partial charge on any atom is -0.384 e. The van der Waals surface area contributed by atoms with Gasteiger partial charge in [0.2, 0.25) is 0 Å². The van der Waals surface area contributed by atoms with E-state index in [0.717, 1.165) is 25.7 Å². The Morgan fingerprint density at radius 3 is 2.52 bits per heavy atom. The number of nitrogens with two attached hydrogens (primary N) is 1. The first kappa shape index (κ1) is 15.5. The number of hydrazone groups is 1. The minimum absolute atomic E-state index is 0.612. The molecule has 5 heteroatoms. The number of nitrogens with zero attached hydrogens (tertiary/aromatic N) is 1. The SMILES string of the molecule is NC(=O)NN=C(CCc1ccccc1)C1(O)CCCCC1. The Kier molecular flexibility index (Phi) is 5.33. The molecule has 1 saturated carbocycles. The lowest BCUT2D eigenvalue weighted by atomic mass is 9.79. The van der Waals surface area contributed by atoms with Gasteiger partial charge in [0.1, 0.15) is 5.60 Å². The number of nitrogens with one attached hydrogen (secondary N) is 1. The maximum Gasteiger partial charge on any atom is 0.332 e. The van der Waals surface area contributed by atoms with Crippen LogP contribution in [0.15, 0.2) is 35.4 Å². The van der Waals surface area contributed by atoms with Crippen molar-refractivity contribution in [3.8, 4) is 0 Å². The molecule has 1 aliphatic rings. The Labute approximate surface area is 125 Å². The van der Waals surface area contributed by atoms with Crippen molar-refractivity contribution in [3.63, 3.8) is 0 Å². The van der Waals surface area contributed by atoms with E-state index in [-0.39, 0.29) is 0 Å². The Balaban J connectivity index is 2.08. The second-order valence-corrected chi connectivity index (χ2v) is 5.61. The molecule has 2 rings (SSSR count). The van der Waals surface area contributed by atoms with E-state index in [1.165, 1.54) is 5.56 Å². The molecule has 1 fully saturated rings. The molecule has 0 bridgehead atoms. The number of benzene rings is 1. The van der Waals surface area contributed by atoms with Gasteiger partial charge in [-0.25, -0.2) is 10.2 Å². The van der Waals surface area contributed by atoms with Gasteiger partial charge in [-0.1, -0.05) is 49.6 Å². The van der Waals surface area contributed by atoms with Gasteiger partial charge in [-0.05, 0) is 31.2 Å². The molecular formula is C16H23N3O2. The van der Waals surface area contributed by atoms with Crippen molar-refractivity contribution in [1.82, 2.24) is 5.43 Å². The molecule has 4 N–H and O–H groups in total. The van der Waals surface area contributed by atoms with Crippen molar-refractivity contribution in [2.45, 2.75) is 50.5 Å². The molecule has 1 aromatic rings. The molecule has 0 radical (unpaired) electrons. The summed E-state index contributed by atoms with van der Waals surface area (Å²) in [7, 11) is 0. The summed E-state index contributed by atoms with van der Waals surface area (Å²) in [4.78, 5) is 10.9. The highest BCUT2D eigenvalue weighted by molar-refractivity contribution is 5.93. The summed E-state index contributed by atoms with van der Waals surface area (Å²) in [6.45, 7) is 0. The van der Waals surface area contributed by atoms with E-state index >= 15 is 0 Å². The van der Waals surface area contributed by atoms with Crippen LogP contribution in [0.3, 0.4) is 0 Å². The van der Waals surface area contributed by atoms with Crippen molar-refractivity contribution in [3.05, 3.63) is 35.9 Å². The number of hydrogen-bond donors (Lipinski definition) is 3. The van der Waals surface area contributed by atoms with Crippen LogP contribution in [-0.2, 0) is 6.42 Å². The third-order valence-corrected chi connectivity index (χ3v) is 4.01. The van der Waals surface area contributed by atoms with Crippen LogP contribution in [0.1, 0.15) is 44.1 Å². The zero-order valence-electron chi connectivity index (χ0n) is 12.2. The van der Waals surface area contributed by atoms with Gasteiger partial charge in [-0.2, -0.15) is 5.10 Å².